The predicted octanol–water partition coefficient (Wildman–Crippen LogP) is 4.34. The van der Waals surface area contributed by atoms with Crippen molar-refractivity contribution in [2.24, 2.45) is 4.99 Å². The van der Waals surface area contributed by atoms with Gasteiger partial charge in [0.2, 0.25) is 0 Å². The van der Waals surface area contributed by atoms with Crippen LogP contribution in [0.3, 0.4) is 0 Å². The number of carbonyl (C=O) groups excluding carboxylic acids is 2. The van der Waals surface area contributed by atoms with Crippen molar-refractivity contribution in [3.63, 3.8) is 0 Å². The average molecular weight is 505 g/mol. The van der Waals surface area contributed by atoms with Crippen LogP contribution < -0.4 is 11.0 Å². The van der Waals surface area contributed by atoms with E-state index in [4.69, 9.17) is 21.3 Å². The lowest BCUT2D eigenvalue weighted by atomic mass is 10.2. The maximum Gasteiger partial charge on any atom is 0.341 e. The van der Waals surface area contributed by atoms with E-state index in [2.05, 4.69) is 4.99 Å². The smallest absolute Gasteiger partial charge is 0.341 e. The molecule has 1 aromatic carbocycles. The van der Waals surface area contributed by atoms with Crippen molar-refractivity contribution in [3.8, 4) is 0 Å². The minimum atomic E-state index is -0.675. The van der Waals surface area contributed by atoms with Crippen LogP contribution in [-0.4, -0.2) is 32.4 Å². The fraction of sp³-hybridized carbons (Fsp3) is 0.222. The molecule has 0 unspecified atom stereocenters. The zero-order valence-corrected chi connectivity index (χ0v) is 21.0. The number of nitrogens with zero attached hydrogens (tertiary/aromatic N) is 4. The molecular formula is C27H25ClN4O4. The van der Waals surface area contributed by atoms with Crippen molar-refractivity contribution in [2.45, 2.75) is 33.7 Å². The van der Waals surface area contributed by atoms with Crippen LogP contribution in [0, 0.1) is 6.92 Å². The highest BCUT2D eigenvalue weighted by molar-refractivity contribution is 6.30. The van der Waals surface area contributed by atoms with Gasteiger partial charge in [-0.1, -0.05) is 36.7 Å². The third kappa shape index (κ3) is 4.99. The number of aryl methyl sites for hydroxylation is 2. The zero-order chi connectivity index (χ0) is 25.8. The van der Waals surface area contributed by atoms with E-state index in [0.29, 0.717) is 29.3 Å². The second kappa shape index (κ2) is 10.7. The minimum Gasteiger partial charge on any atom is -0.462 e. The largest absolute Gasteiger partial charge is 0.462 e. The first-order chi connectivity index (χ1) is 17.3. The van der Waals surface area contributed by atoms with E-state index in [0.717, 1.165) is 11.1 Å². The van der Waals surface area contributed by atoms with E-state index in [1.165, 1.54) is 16.5 Å². The van der Waals surface area contributed by atoms with Gasteiger partial charge in [0.05, 0.1) is 12.0 Å². The molecule has 0 spiro atoms. The monoisotopic (exact) mass is 504 g/mol. The number of carbonyl (C=O) groups is 2. The van der Waals surface area contributed by atoms with Crippen LogP contribution in [0.15, 0.2) is 64.5 Å². The van der Waals surface area contributed by atoms with E-state index < -0.39 is 11.9 Å². The number of pyridine rings is 2. The van der Waals surface area contributed by atoms with Crippen LogP contribution in [0.5, 0.6) is 0 Å². The maximum absolute atomic E-state index is 13.4. The fourth-order valence-corrected chi connectivity index (χ4v) is 4.01. The lowest BCUT2D eigenvalue weighted by molar-refractivity contribution is -0.113. The van der Waals surface area contributed by atoms with E-state index in [1.54, 1.807) is 54.1 Å². The highest BCUT2D eigenvalue weighted by atomic mass is 35.5. The molecule has 0 atom stereocenters. The third-order valence-electron chi connectivity index (χ3n) is 5.55. The van der Waals surface area contributed by atoms with Crippen LogP contribution in [0.2, 0.25) is 5.02 Å². The first kappa shape index (κ1) is 25.1. The summed E-state index contributed by atoms with van der Waals surface area (Å²) in [7, 11) is 0. The summed E-state index contributed by atoms with van der Waals surface area (Å²) in [6.07, 6.45) is 5.21. The van der Waals surface area contributed by atoms with Crippen LogP contribution >= 0.6 is 11.6 Å². The molecule has 8 nitrogen and oxygen atoms in total. The summed E-state index contributed by atoms with van der Waals surface area (Å²) in [5, 5.41) is 0.822. The molecule has 4 rings (SSSR count). The Kier molecular flexibility index (Phi) is 7.45. The number of aromatic nitrogens is 3. The Morgan fingerprint density at radius 1 is 1.14 bits per heavy atom. The molecule has 3 aromatic heterocycles. The second-order valence-corrected chi connectivity index (χ2v) is 8.56. The fourth-order valence-electron chi connectivity index (χ4n) is 3.89. The molecule has 0 saturated heterocycles. The summed E-state index contributed by atoms with van der Waals surface area (Å²) in [6, 6.07) is 12.0. The van der Waals surface area contributed by atoms with Gasteiger partial charge in [-0.25, -0.2) is 9.78 Å². The molecule has 4 aromatic rings. The Balaban J connectivity index is 2.00. The molecule has 0 radical (unpaired) electrons. The van der Waals surface area contributed by atoms with Gasteiger partial charge >= 0.3 is 5.97 Å². The number of esters is 1. The van der Waals surface area contributed by atoms with Gasteiger partial charge in [0.25, 0.3) is 11.5 Å². The quantitative estimate of drug-likeness (QED) is 0.221. The highest BCUT2D eigenvalue weighted by Crippen LogP contribution is 2.14. The standard InChI is InChI=1S/C27H25ClN4O4/c1-4-14-31-24-20(26(34)32-15-6-7-17(3)23(32)30-24)16-21(27(35)36-5-2)25(31)29-22(33)13-10-18-8-11-19(28)12-9-18/h6-13,15-16H,4-5,14H2,1-3H3. The number of ether oxygens (including phenoxy) is 1. The lowest BCUT2D eigenvalue weighted by Gasteiger charge is -2.14. The Morgan fingerprint density at radius 2 is 1.89 bits per heavy atom. The molecule has 1 amide bonds. The predicted molar refractivity (Wildman–Crippen MR) is 139 cm³/mol. The molecule has 9 heteroatoms. The number of rotatable bonds is 6. The maximum atomic E-state index is 13.4. The molecule has 0 aliphatic rings. The molecule has 0 aliphatic heterocycles. The molecule has 36 heavy (non-hydrogen) atoms. The Labute approximate surface area is 212 Å². The van der Waals surface area contributed by atoms with Gasteiger partial charge < -0.3 is 9.30 Å². The first-order valence-corrected chi connectivity index (χ1v) is 12.0. The first-order valence-electron chi connectivity index (χ1n) is 11.6. The van der Waals surface area contributed by atoms with Crippen molar-refractivity contribution < 1.29 is 14.3 Å². The Hall–Kier alpha value is -4.04. The molecular weight excluding hydrogens is 480 g/mol. The summed E-state index contributed by atoms with van der Waals surface area (Å²) >= 11 is 5.92. The molecule has 0 bridgehead atoms. The van der Waals surface area contributed by atoms with E-state index in [9.17, 15) is 14.4 Å². The van der Waals surface area contributed by atoms with E-state index in [-0.39, 0.29) is 28.6 Å². The van der Waals surface area contributed by atoms with E-state index >= 15 is 0 Å². The SMILES string of the molecule is CCCn1c(=NC(=O)C=Cc2ccc(Cl)cc2)c(C(=O)OCC)cc2c(=O)n3cccc(C)c3nc21. The van der Waals surface area contributed by atoms with Gasteiger partial charge in [-0.3, -0.25) is 14.0 Å². The van der Waals surface area contributed by atoms with Crippen LogP contribution in [0.4, 0.5) is 0 Å². The lowest BCUT2D eigenvalue weighted by Crippen LogP contribution is -2.32. The van der Waals surface area contributed by atoms with Crippen molar-refractivity contribution in [1.29, 1.82) is 0 Å². The van der Waals surface area contributed by atoms with Crippen molar-refractivity contribution in [2.75, 3.05) is 6.61 Å². The normalized spacial score (nSPS) is 12.1. The molecule has 0 saturated carbocycles. The second-order valence-electron chi connectivity index (χ2n) is 8.13. The molecule has 0 aliphatic carbocycles. The number of amides is 1. The topological polar surface area (TPSA) is 95.0 Å². The third-order valence-corrected chi connectivity index (χ3v) is 5.80. The van der Waals surface area contributed by atoms with Crippen LogP contribution in [-0.2, 0) is 16.1 Å². The van der Waals surface area contributed by atoms with Crippen LogP contribution in [0.1, 0.15) is 41.8 Å². The van der Waals surface area contributed by atoms with Gasteiger partial charge in [-0.05, 0) is 61.7 Å². The Morgan fingerprint density at radius 3 is 2.58 bits per heavy atom. The molecule has 3 heterocycles. The summed E-state index contributed by atoms with van der Waals surface area (Å²) < 4.78 is 8.32. The van der Waals surface area contributed by atoms with Gasteiger partial charge in [0.15, 0.2) is 5.49 Å². The summed E-state index contributed by atoms with van der Waals surface area (Å²) in [6.45, 7) is 6.00. The summed E-state index contributed by atoms with van der Waals surface area (Å²) in [5.41, 5.74) is 2.21. The number of halogens is 1. The number of benzene rings is 1. The van der Waals surface area contributed by atoms with Gasteiger partial charge in [0, 0.05) is 23.8 Å². The number of fused-ring (bicyclic) bond motifs is 2. The Bertz CT molecular complexity index is 1630. The van der Waals surface area contributed by atoms with Gasteiger partial charge in [-0.15, -0.1) is 0 Å². The van der Waals surface area contributed by atoms with E-state index in [1.807, 2.05) is 19.9 Å². The molecule has 184 valence electrons. The molecule has 0 fully saturated rings. The van der Waals surface area contributed by atoms with Gasteiger partial charge in [0.1, 0.15) is 16.9 Å². The van der Waals surface area contributed by atoms with Crippen molar-refractivity contribution in [3.05, 3.63) is 92.3 Å². The average Bonchev–Trinajstić information content (AvgIpc) is 2.86. The number of hydrogen-bond donors (Lipinski definition) is 0. The minimum absolute atomic E-state index is 0.0255. The summed E-state index contributed by atoms with van der Waals surface area (Å²) in [5.74, 6) is -1.25. The van der Waals surface area contributed by atoms with Crippen LogP contribution in [0.25, 0.3) is 22.8 Å². The van der Waals surface area contributed by atoms with Gasteiger partial charge in [-0.2, -0.15) is 4.99 Å². The summed E-state index contributed by atoms with van der Waals surface area (Å²) in [4.78, 5) is 48.2. The number of hydrogen-bond acceptors (Lipinski definition) is 5. The van der Waals surface area contributed by atoms with Crippen molar-refractivity contribution in [1.82, 2.24) is 14.0 Å². The highest BCUT2D eigenvalue weighted by Gasteiger charge is 2.19. The van der Waals surface area contributed by atoms with Crippen molar-refractivity contribution >= 4 is 46.2 Å². The molecule has 0 N–H and O–H groups in total. The zero-order valence-electron chi connectivity index (χ0n) is 20.2.